The minimum atomic E-state index is -0.532. The first-order valence-corrected chi connectivity index (χ1v) is 5.39. The van der Waals surface area contributed by atoms with E-state index in [0.29, 0.717) is 12.8 Å². The van der Waals surface area contributed by atoms with Gasteiger partial charge >= 0.3 is 0 Å². The van der Waals surface area contributed by atoms with E-state index >= 15 is 0 Å². The third-order valence-electron chi connectivity index (χ3n) is 2.64. The van der Waals surface area contributed by atoms with Crippen molar-refractivity contribution in [3.8, 4) is 0 Å². The lowest BCUT2D eigenvalue weighted by Gasteiger charge is -2.12. The number of rotatable bonds is 4. The molecule has 2 N–H and O–H groups in total. The van der Waals surface area contributed by atoms with Crippen LogP contribution in [0.4, 0.5) is 8.78 Å². The largest absolute Gasteiger partial charge is 0.469 e. The second-order valence-corrected chi connectivity index (χ2v) is 3.89. The predicted octanol–water partition coefficient (Wildman–Crippen LogP) is 3.19. The van der Waals surface area contributed by atoms with Gasteiger partial charge in [0, 0.05) is 18.0 Å². The highest BCUT2D eigenvalue weighted by Gasteiger charge is 2.13. The van der Waals surface area contributed by atoms with E-state index < -0.39 is 17.7 Å². The lowest BCUT2D eigenvalue weighted by atomic mass is 10.0. The summed E-state index contributed by atoms with van der Waals surface area (Å²) >= 11 is 0. The molecule has 0 bridgehead atoms. The van der Waals surface area contributed by atoms with Crippen LogP contribution < -0.4 is 5.73 Å². The fraction of sp³-hybridized carbons (Fsp3) is 0.231. The average molecular weight is 237 g/mol. The Hall–Kier alpha value is -1.68. The van der Waals surface area contributed by atoms with Crippen LogP contribution in [0.3, 0.4) is 0 Å². The molecule has 0 fully saturated rings. The first kappa shape index (κ1) is 11.8. The summed E-state index contributed by atoms with van der Waals surface area (Å²) in [4.78, 5) is 0. The topological polar surface area (TPSA) is 39.2 Å². The van der Waals surface area contributed by atoms with Gasteiger partial charge in [0.15, 0.2) is 0 Å². The zero-order valence-corrected chi connectivity index (χ0v) is 9.20. The molecule has 1 atom stereocenters. The summed E-state index contributed by atoms with van der Waals surface area (Å²) in [6.45, 7) is 0. The van der Waals surface area contributed by atoms with Crippen molar-refractivity contribution in [3.05, 3.63) is 59.6 Å². The second-order valence-electron chi connectivity index (χ2n) is 3.89. The molecule has 2 nitrogen and oxygen atoms in total. The highest BCUT2D eigenvalue weighted by atomic mass is 19.1. The van der Waals surface area contributed by atoms with Gasteiger partial charge in [-0.2, -0.15) is 0 Å². The van der Waals surface area contributed by atoms with Gasteiger partial charge in [-0.3, -0.25) is 0 Å². The molecule has 2 rings (SSSR count). The van der Waals surface area contributed by atoms with Gasteiger partial charge in [0.2, 0.25) is 0 Å². The predicted molar refractivity (Wildman–Crippen MR) is 60.3 cm³/mol. The van der Waals surface area contributed by atoms with E-state index in [0.717, 1.165) is 24.0 Å². The summed E-state index contributed by atoms with van der Waals surface area (Å²) < 4.78 is 31.5. The maximum absolute atomic E-state index is 13.4. The highest BCUT2D eigenvalue weighted by molar-refractivity contribution is 5.22. The van der Waals surface area contributed by atoms with Crippen LogP contribution in [0.2, 0.25) is 0 Å². The Morgan fingerprint density at radius 3 is 2.76 bits per heavy atom. The molecule has 17 heavy (non-hydrogen) atoms. The molecule has 0 radical (unpaired) electrons. The molecule has 2 aromatic rings. The van der Waals surface area contributed by atoms with Gasteiger partial charge in [-0.05, 0) is 36.8 Å². The minimum Gasteiger partial charge on any atom is -0.469 e. The van der Waals surface area contributed by atoms with Crippen molar-refractivity contribution < 1.29 is 13.2 Å². The van der Waals surface area contributed by atoms with Crippen LogP contribution in [0, 0.1) is 11.6 Å². The molecular formula is C13H13F2NO. The molecule has 1 unspecified atom stereocenters. The van der Waals surface area contributed by atoms with Crippen molar-refractivity contribution in [1.29, 1.82) is 0 Å². The SMILES string of the molecule is NC(CCc1ccco1)c1cc(F)ccc1F. The van der Waals surface area contributed by atoms with Gasteiger partial charge in [-0.25, -0.2) is 8.78 Å². The first-order chi connectivity index (χ1) is 8.16. The van der Waals surface area contributed by atoms with Gasteiger partial charge in [-0.1, -0.05) is 0 Å². The first-order valence-electron chi connectivity index (χ1n) is 5.39. The Bertz CT molecular complexity index is 482. The number of aryl methyl sites for hydroxylation is 1. The Morgan fingerprint density at radius 1 is 1.24 bits per heavy atom. The Balaban J connectivity index is 2.04. The fourth-order valence-electron chi connectivity index (χ4n) is 1.71. The van der Waals surface area contributed by atoms with Crippen LogP contribution in [0.25, 0.3) is 0 Å². The monoisotopic (exact) mass is 237 g/mol. The van der Waals surface area contributed by atoms with Crippen LogP contribution in [0.15, 0.2) is 41.0 Å². The van der Waals surface area contributed by atoms with Crippen molar-refractivity contribution in [2.24, 2.45) is 5.73 Å². The number of hydrogen-bond donors (Lipinski definition) is 1. The number of hydrogen-bond acceptors (Lipinski definition) is 2. The van der Waals surface area contributed by atoms with Crippen LogP contribution >= 0.6 is 0 Å². The van der Waals surface area contributed by atoms with Gasteiger partial charge < -0.3 is 10.2 Å². The van der Waals surface area contributed by atoms with Crippen molar-refractivity contribution in [3.63, 3.8) is 0 Å². The van der Waals surface area contributed by atoms with Crippen LogP contribution in [-0.2, 0) is 6.42 Å². The number of nitrogens with two attached hydrogens (primary N) is 1. The van der Waals surface area contributed by atoms with Gasteiger partial charge in [0.05, 0.1) is 6.26 Å². The maximum Gasteiger partial charge on any atom is 0.128 e. The summed E-state index contributed by atoms with van der Waals surface area (Å²) in [5.74, 6) is -0.162. The molecule has 0 amide bonds. The van der Waals surface area contributed by atoms with E-state index in [1.165, 1.54) is 0 Å². The summed E-state index contributed by atoms with van der Waals surface area (Å²) in [6.07, 6.45) is 2.68. The summed E-state index contributed by atoms with van der Waals surface area (Å²) in [6, 6.07) is 6.39. The Labute approximate surface area is 98.0 Å². The standard InChI is InChI=1S/C13H13F2NO/c14-9-3-5-12(15)11(8-9)13(16)6-4-10-2-1-7-17-10/h1-3,5,7-8,13H,4,6,16H2. The van der Waals surface area contributed by atoms with Crippen LogP contribution in [0.1, 0.15) is 23.8 Å². The normalized spacial score (nSPS) is 12.6. The van der Waals surface area contributed by atoms with E-state index in [-0.39, 0.29) is 5.56 Å². The highest BCUT2D eigenvalue weighted by Crippen LogP contribution is 2.20. The molecular weight excluding hydrogens is 224 g/mol. The second kappa shape index (κ2) is 5.10. The zero-order chi connectivity index (χ0) is 12.3. The fourth-order valence-corrected chi connectivity index (χ4v) is 1.71. The lowest BCUT2D eigenvalue weighted by Crippen LogP contribution is -2.13. The molecule has 0 aliphatic carbocycles. The van der Waals surface area contributed by atoms with E-state index in [1.54, 1.807) is 12.3 Å². The molecule has 0 saturated heterocycles. The van der Waals surface area contributed by atoms with Gasteiger partial charge in [0.25, 0.3) is 0 Å². The van der Waals surface area contributed by atoms with Crippen LogP contribution in [-0.4, -0.2) is 0 Å². The zero-order valence-electron chi connectivity index (χ0n) is 9.20. The lowest BCUT2D eigenvalue weighted by molar-refractivity contribution is 0.481. The third kappa shape index (κ3) is 2.91. The Kier molecular flexibility index (Phi) is 3.54. The van der Waals surface area contributed by atoms with Crippen molar-refractivity contribution in [1.82, 2.24) is 0 Å². The molecule has 0 aliphatic heterocycles. The summed E-state index contributed by atoms with van der Waals surface area (Å²) in [5, 5.41) is 0. The van der Waals surface area contributed by atoms with E-state index in [4.69, 9.17) is 10.2 Å². The van der Waals surface area contributed by atoms with Gasteiger partial charge in [-0.15, -0.1) is 0 Å². The maximum atomic E-state index is 13.4. The molecule has 1 heterocycles. The minimum absolute atomic E-state index is 0.205. The van der Waals surface area contributed by atoms with E-state index in [9.17, 15) is 8.78 Å². The van der Waals surface area contributed by atoms with E-state index in [2.05, 4.69) is 0 Å². The third-order valence-corrected chi connectivity index (χ3v) is 2.64. The van der Waals surface area contributed by atoms with Gasteiger partial charge in [0.1, 0.15) is 17.4 Å². The van der Waals surface area contributed by atoms with Crippen LogP contribution in [0.5, 0.6) is 0 Å². The average Bonchev–Trinajstić information content (AvgIpc) is 2.82. The van der Waals surface area contributed by atoms with Crippen molar-refractivity contribution in [2.75, 3.05) is 0 Å². The van der Waals surface area contributed by atoms with Crippen molar-refractivity contribution >= 4 is 0 Å². The molecule has 90 valence electrons. The molecule has 0 spiro atoms. The molecule has 1 aromatic carbocycles. The summed E-state index contributed by atoms with van der Waals surface area (Å²) in [7, 11) is 0. The van der Waals surface area contributed by atoms with E-state index in [1.807, 2.05) is 6.07 Å². The Morgan fingerprint density at radius 2 is 2.06 bits per heavy atom. The number of benzene rings is 1. The molecule has 0 aliphatic rings. The number of halogens is 2. The molecule has 1 aromatic heterocycles. The number of furan rings is 1. The molecule has 0 saturated carbocycles. The quantitative estimate of drug-likeness (QED) is 0.886. The molecule has 4 heteroatoms. The van der Waals surface area contributed by atoms with Crippen molar-refractivity contribution in [2.45, 2.75) is 18.9 Å². The summed E-state index contributed by atoms with van der Waals surface area (Å²) in [5.41, 5.74) is 6.04. The smallest absolute Gasteiger partial charge is 0.128 e.